The number of amides is 1. The molecule has 1 fully saturated rings. The van der Waals surface area contributed by atoms with Crippen LogP contribution in [0.5, 0.6) is 0 Å². The molecule has 2 heterocycles. The minimum absolute atomic E-state index is 0.00695. The highest BCUT2D eigenvalue weighted by atomic mass is 32.2. The van der Waals surface area contributed by atoms with Crippen molar-refractivity contribution < 1.29 is 29.3 Å². The van der Waals surface area contributed by atoms with Crippen LogP contribution >= 0.6 is 11.8 Å². The Labute approximate surface area is 260 Å². The third-order valence-corrected chi connectivity index (χ3v) is 8.58. The number of ether oxygens (including phenoxy) is 2. The van der Waals surface area contributed by atoms with E-state index < -0.39 is 12.3 Å². The number of aryl methyl sites for hydroxylation is 1. The maximum atomic E-state index is 12.1. The molecule has 1 aliphatic rings. The Hall–Kier alpha value is -4.03. The van der Waals surface area contributed by atoms with E-state index in [1.54, 1.807) is 18.1 Å². The Kier molecular flexibility index (Phi) is 10.8. The van der Waals surface area contributed by atoms with Crippen molar-refractivity contribution in [2.24, 2.45) is 7.05 Å². The molecule has 0 unspecified atom stereocenters. The Bertz CT molecular complexity index is 1540. The number of thioether (sulfide) groups is 1. The number of aliphatic hydroxyl groups excluding tert-OH is 1. The van der Waals surface area contributed by atoms with E-state index in [-0.39, 0.29) is 37.6 Å². The Morgan fingerprint density at radius 1 is 0.977 bits per heavy atom. The molecule has 3 aromatic carbocycles. The first-order valence-electron chi connectivity index (χ1n) is 14.5. The Morgan fingerprint density at radius 2 is 1.75 bits per heavy atom. The van der Waals surface area contributed by atoms with Gasteiger partial charge in [0, 0.05) is 44.2 Å². The van der Waals surface area contributed by atoms with Gasteiger partial charge >= 0.3 is 5.97 Å². The number of carboxylic acid groups (broad SMARTS) is 1. The quantitative estimate of drug-likeness (QED) is 0.174. The average molecular weight is 617 g/mol. The van der Waals surface area contributed by atoms with E-state index in [2.05, 4.69) is 15.5 Å². The van der Waals surface area contributed by atoms with E-state index in [4.69, 9.17) is 14.6 Å². The number of aliphatic carboxylic acids is 1. The van der Waals surface area contributed by atoms with Crippen LogP contribution in [0, 0.1) is 0 Å². The van der Waals surface area contributed by atoms with Crippen LogP contribution in [0.4, 0.5) is 0 Å². The summed E-state index contributed by atoms with van der Waals surface area (Å²) in [4.78, 5) is 22.7. The molecule has 3 N–H and O–H groups in total. The lowest BCUT2D eigenvalue weighted by Crippen LogP contribution is -2.31. The predicted octanol–water partition coefficient (Wildman–Crippen LogP) is 5.18. The molecule has 0 spiro atoms. The van der Waals surface area contributed by atoms with Gasteiger partial charge < -0.3 is 29.6 Å². The molecular formula is C33H36N4O6S. The maximum Gasteiger partial charge on any atom is 0.303 e. The highest BCUT2D eigenvalue weighted by Gasteiger charge is 2.32. The number of carbonyl (C=O) groups is 2. The third-order valence-electron chi connectivity index (χ3n) is 7.41. The molecule has 4 aromatic rings. The number of rotatable bonds is 13. The fraction of sp³-hybridized carbons (Fsp3) is 0.333. The van der Waals surface area contributed by atoms with Crippen molar-refractivity contribution in [3.05, 3.63) is 101 Å². The van der Waals surface area contributed by atoms with Gasteiger partial charge in [-0.2, -0.15) is 0 Å². The molecule has 1 saturated heterocycles. The Balaban J connectivity index is 1.26. The normalized spacial score (nSPS) is 18.2. The monoisotopic (exact) mass is 616 g/mol. The highest BCUT2D eigenvalue weighted by Crippen LogP contribution is 2.39. The zero-order valence-corrected chi connectivity index (χ0v) is 25.3. The summed E-state index contributed by atoms with van der Waals surface area (Å²) in [5.41, 5.74) is 5.78. The molecule has 230 valence electrons. The predicted molar refractivity (Wildman–Crippen MR) is 165 cm³/mol. The van der Waals surface area contributed by atoms with Gasteiger partial charge in [-0.1, -0.05) is 78.5 Å². The Morgan fingerprint density at radius 3 is 2.45 bits per heavy atom. The molecular weight excluding hydrogens is 580 g/mol. The first-order valence-corrected chi connectivity index (χ1v) is 15.5. The van der Waals surface area contributed by atoms with Crippen molar-refractivity contribution in [1.29, 1.82) is 0 Å². The number of aromatic nitrogens is 3. The molecule has 11 heteroatoms. The second kappa shape index (κ2) is 15.1. The smallest absolute Gasteiger partial charge is 0.303 e. The topological polar surface area (TPSA) is 136 Å². The van der Waals surface area contributed by atoms with Gasteiger partial charge in [0.05, 0.1) is 18.8 Å². The lowest BCUT2D eigenvalue weighted by Gasteiger charge is -2.36. The van der Waals surface area contributed by atoms with Crippen LogP contribution in [-0.4, -0.2) is 48.7 Å². The van der Waals surface area contributed by atoms with Crippen molar-refractivity contribution >= 4 is 23.6 Å². The molecule has 1 amide bonds. The molecule has 5 rings (SSSR count). The summed E-state index contributed by atoms with van der Waals surface area (Å²) in [5, 5.41) is 30.1. The van der Waals surface area contributed by atoms with Crippen LogP contribution in [0.2, 0.25) is 0 Å². The summed E-state index contributed by atoms with van der Waals surface area (Å²) in [6.45, 7) is 0.364. The summed E-state index contributed by atoms with van der Waals surface area (Å²) < 4.78 is 14.8. The van der Waals surface area contributed by atoms with Gasteiger partial charge in [-0.25, -0.2) is 0 Å². The number of carbonyl (C=O) groups excluding carboxylic acids is 1. The molecule has 44 heavy (non-hydrogen) atoms. The number of nitrogens with zero attached hydrogens (tertiary/aromatic N) is 3. The van der Waals surface area contributed by atoms with Gasteiger partial charge in [0.2, 0.25) is 5.91 Å². The van der Waals surface area contributed by atoms with E-state index in [1.165, 1.54) is 0 Å². The van der Waals surface area contributed by atoms with Crippen LogP contribution in [0.25, 0.3) is 11.1 Å². The van der Waals surface area contributed by atoms with Gasteiger partial charge in [0.1, 0.15) is 6.33 Å². The number of benzene rings is 3. The second-order valence-electron chi connectivity index (χ2n) is 10.7. The molecule has 0 saturated carbocycles. The van der Waals surface area contributed by atoms with Crippen molar-refractivity contribution in [3.63, 3.8) is 0 Å². The van der Waals surface area contributed by atoms with Gasteiger partial charge in [0.25, 0.3) is 0 Å². The average Bonchev–Trinajstić information content (AvgIpc) is 3.47. The number of hydrogen-bond donors (Lipinski definition) is 3. The standard InChI is InChI=1S/C33H36N4O6S/c1-37-21-35-36-33(37)44-20-28-17-29(25-10-8-22(19-38)9-11-25)43-32(42-28)26-14-12-24(13-15-26)27-5-2-4-23(16-27)18-34-30(39)6-3-7-31(40)41/h2,4-5,8-16,21,28-29,32,38H,3,6-7,17-20H2,1H3,(H,34,39)(H,40,41)/t28-,29+,32+/m1/s1. The highest BCUT2D eigenvalue weighted by molar-refractivity contribution is 7.99. The van der Waals surface area contributed by atoms with Crippen molar-refractivity contribution in [2.45, 2.75) is 62.5 Å². The number of nitrogens with one attached hydrogen (secondary N) is 1. The van der Waals surface area contributed by atoms with Gasteiger partial charge in [-0.05, 0) is 40.3 Å². The maximum absolute atomic E-state index is 12.1. The van der Waals surface area contributed by atoms with Crippen LogP contribution in [0.1, 0.15) is 60.3 Å². The first-order chi connectivity index (χ1) is 21.4. The van der Waals surface area contributed by atoms with Crippen LogP contribution in [0.3, 0.4) is 0 Å². The number of aliphatic hydroxyl groups is 1. The fourth-order valence-corrected chi connectivity index (χ4v) is 5.88. The molecule has 3 atom stereocenters. The summed E-state index contributed by atoms with van der Waals surface area (Å²) in [5.74, 6) is -0.369. The van der Waals surface area contributed by atoms with E-state index in [9.17, 15) is 14.7 Å². The van der Waals surface area contributed by atoms with Gasteiger partial charge in [-0.15, -0.1) is 10.2 Å². The summed E-state index contributed by atoms with van der Waals surface area (Å²) in [7, 11) is 1.92. The molecule has 10 nitrogen and oxygen atoms in total. The van der Waals surface area contributed by atoms with E-state index in [1.807, 2.05) is 84.4 Å². The van der Waals surface area contributed by atoms with Crippen molar-refractivity contribution in [2.75, 3.05) is 5.75 Å². The van der Waals surface area contributed by atoms with Crippen LogP contribution < -0.4 is 5.32 Å². The fourth-order valence-electron chi connectivity index (χ4n) is 4.98. The second-order valence-corrected chi connectivity index (χ2v) is 11.7. The van der Waals surface area contributed by atoms with Gasteiger partial charge in [0.15, 0.2) is 11.4 Å². The zero-order valence-electron chi connectivity index (χ0n) is 24.5. The van der Waals surface area contributed by atoms with Crippen LogP contribution in [-0.2, 0) is 39.3 Å². The minimum Gasteiger partial charge on any atom is -0.481 e. The molecule has 0 bridgehead atoms. The molecule has 0 aliphatic carbocycles. The van der Waals surface area contributed by atoms with E-state index in [0.29, 0.717) is 25.1 Å². The lowest BCUT2D eigenvalue weighted by molar-refractivity contribution is -0.245. The van der Waals surface area contributed by atoms with Crippen molar-refractivity contribution in [1.82, 2.24) is 20.1 Å². The largest absolute Gasteiger partial charge is 0.481 e. The molecule has 1 aliphatic heterocycles. The van der Waals surface area contributed by atoms with E-state index >= 15 is 0 Å². The van der Waals surface area contributed by atoms with Crippen LogP contribution in [0.15, 0.2) is 84.3 Å². The first kappa shape index (κ1) is 31.4. The zero-order chi connectivity index (χ0) is 30.9. The molecule has 0 radical (unpaired) electrons. The number of carboxylic acids is 1. The lowest BCUT2D eigenvalue weighted by atomic mass is 9.99. The van der Waals surface area contributed by atoms with E-state index in [0.717, 1.165) is 38.5 Å². The summed E-state index contributed by atoms with van der Waals surface area (Å²) >= 11 is 1.60. The summed E-state index contributed by atoms with van der Waals surface area (Å²) in [6, 6.07) is 23.9. The SMILES string of the molecule is Cn1cnnc1SC[C@H]1C[C@@H](c2ccc(CO)cc2)O[C@@H](c2ccc(-c3cccc(CNC(=O)CCCC(=O)O)c3)cc2)O1. The van der Waals surface area contributed by atoms with Crippen molar-refractivity contribution in [3.8, 4) is 11.1 Å². The summed E-state index contributed by atoms with van der Waals surface area (Å²) in [6.07, 6.45) is 2.02. The number of hydrogen-bond acceptors (Lipinski definition) is 8. The third kappa shape index (κ3) is 8.54. The minimum atomic E-state index is -0.899. The van der Waals surface area contributed by atoms with Gasteiger partial charge in [-0.3, -0.25) is 9.59 Å². The molecule has 1 aromatic heterocycles.